The topological polar surface area (TPSA) is 12.9 Å². The van der Waals surface area contributed by atoms with Crippen molar-refractivity contribution in [2.45, 2.75) is 6.18 Å². The Bertz CT molecular complexity index is 376. The maximum absolute atomic E-state index is 12.2. The molecule has 0 radical (unpaired) electrons. The number of nitrogens with zero attached hydrogens (tertiary/aromatic N) is 1. The summed E-state index contributed by atoms with van der Waals surface area (Å²) < 4.78 is 36.7. The minimum absolute atomic E-state index is 0.300. The van der Waals surface area contributed by atoms with Crippen LogP contribution in [0.2, 0.25) is 20.2 Å². The van der Waals surface area contributed by atoms with Crippen LogP contribution in [0, 0.1) is 0 Å². The summed E-state index contributed by atoms with van der Waals surface area (Å²) in [6.45, 7) is 0. The van der Waals surface area contributed by atoms with Crippen molar-refractivity contribution in [3.8, 4) is 0 Å². The fraction of sp³-hybridized carbons (Fsp3) is 0.167. The van der Waals surface area contributed by atoms with E-state index in [9.17, 15) is 13.2 Å². The van der Waals surface area contributed by atoms with Gasteiger partial charge in [-0.1, -0.05) is 46.4 Å². The Morgan fingerprint density at radius 1 is 0.857 bits per heavy atom. The van der Waals surface area contributed by atoms with E-state index in [1.165, 1.54) is 0 Å². The monoisotopic (exact) mass is 283 g/mol. The highest BCUT2D eigenvalue weighted by molar-refractivity contribution is 6.51. The molecule has 0 amide bonds. The number of alkyl halides is 3. The minimum Gasteiger partial charge on any atom is -0.228 e. The Kier molecular flexibility index (Phi) is 3.41. The lowest BCUT2D eigenvalue weighted by Crippen LogP contribution is -2.09. The SMILES string of the molecule is FC(F)(F)c1nc(Cl)c(Cl)c(Cl)c1Cl. The van der Waals surface area contributed by atoms with Crippen LogP contribution in [0.25, 0.3) is 0 Å². The Labute approximate surface area is 96.7 Å². The minimum atomic E-state index is -4.71. The predicted molar refractivity (Wildman–Crippen MR) is 49.3 cm³/mol. The van der Waals surface area contributed by atoms with E-state index in [0.717, 1.165) is 0 Å². The van der Waals surface area contributed by atoms with E-state index in [-0.39, 0.29) is 5.02 Å². The highest BCUT2D eigenvalue weighted by Gasteiger charge is 2.37. The Morgan fingerprint density at radius 2 is 1.36 bits per heavy atom. The zero-order valence-corrected chi connectivity index (χ0v) is 9.12. The van der Waals surface area contributed by atoms with Crippen LogP contribution in [-0.4, -0.2) is 4.98 Å². The summed E-state index contributed by atoms with van der Waals surface area (Å²) >= 11 is 21.4. The van der Waals surface area contributed by atoms with Gasteiger partial charge in [0.05, 0.1) is 15.1 Å². The lowest BCUT2D eigenvalue weighted by Gasteiger charge is -2.10. The van der Waals surface area contributed by atoms with Gasteiger partial charge in [0.25, 0.3) is 0 Å². The third-order valence-electron chi connectivity index (χ3n) is 1.25. The van der Waals surface area contributed by atoms with Gasteiger partial charge in [0, 0.05) is 0 Å². The van der Waals surface area contributed by atoms with E-state index < -0.39 is 27.1 Å². The fourth-order valence-corrected chi connectivity index (χ4v) is 1.51. The van der Waals surface area contributed by atoms with E-state index in [4.69, 9.17) is 46.4 Å². The fourth-order valence-electron chi connectivity index (χ4n) is 0.675. The maximum atomic E-state index is 12.2. The summed E-state index contributed by atoms with van der Waals surface area (Å²) in [5.41, 5.74) is -1.35. The van der Waals surface area contributed by atoms with Crippen LogP contribution < -0.4 is 0 Å². The van der Waals surface area contributed by atoms with Gasteiger partial charge in [-0.3, -0.25) is 0 Å². The van der Waals surface area contributed by atoms with Gasteiger partial charge in [-0.05, 0) is 0 Å². The largest absolute Gasteiger partial charge is 0.434 e. The van der Waals surface area contributed by atoms with Gasteiger partial charge >= 0.3 is 6.18 Å². The number of pyridine rings is 1. The summed E-state index contributed by atoms with van der Waals surface area (Å²) in [6, 6.07) is 0. The molecule has 0 saturated heterocycles. The van der Waals surface area contributed by atoms with Crippen LogP contribution in [0.3, 0.4) is 0 Å². The summed E-state index contributed by atoms with van der Waals surface area (Å²) in [4.78, 5) is 3.00. The lowest BCUT2D eigenvalue weighted by atomic mass is 10.3. The molecular weight excluding hydrogens is 285 g/mol. The van der Waals surface area contributed by atoms with Gasteiger partial charge in [0.2, 0.25) is 0 Å². The van der Waals surface area contributed by atoms with Crippen LogP contribution >= 0.6 is 46.4 Å². The van der Waals surface area contributed by atoms with E-state index >= 15 is 0 Å². The number of hydrogen-bond donors (Lipinski definition) is 0. The predicted octanol–water partition coefficient (Wildman–Crippen LogP) is 4.71. The number of hydrogen-bond acceptors (Lipinski definition) is 1. The molecule has 8 heteroatoms. The summed E-state index contributed by atoms with van der Waals surface area (Å²) in [5, 5.41) is -2.05. The number of rotatable bonds is 0. The first-order valence-electron chi connectivity index (χ1n) is 3.02. The summed E-state index contributed by atoms with van der Waals surface area (Å²) in [7, 11) is 0. The van der Waals surface area contributed by atoms with Crippen molar-refractivity contribution in [3.05, 3.63) is 25.9 Å². The molecule has 0 aliphatic carbocycles. The maximum Gasteiger partial charge on any atom is 0.434 e. The van der Waals surface area contributed by atoms with Crippen molar-refractivity contribution in [1.82, 2.24) is 4.98 Å². The third-order valence-corrected chi connectivity index (χ3v) is 2.93. The van der Waals surface area contributed by atoms with Crippen molar-refractivity contribution in [2.24, 2.45) is 0 Å². The van der Waals surface area contributed by atoms with Crippen molar-refractivity contribution >= 4 is 46.4 Å². The van der Waals surface area contributed by atoms with E-state index in [1.54, 1.807) is 0 Å². The molecule has 0 fully saturated rings. The van der Waals surface area contributed by atoms with Crippen LogP contribution in [0.1, 0.15) is 5.69 Å². The van der Waals surface area contributed by atoms with E-state index in [0.29, 0.717) is 0 Å². The molecule has 0 atom stereocenters. The smallest absolute Gasteiger partial charge is 0.228 e. The second-order valence-corrected chi connectivity index (χ2v) is 3.68. The second kappa shape index (κ2) is 3.93. The summed E-state index contributed by atoms with van der Waals surface area (Å²) in [5.74, 6) is 0. The molecule has 0 unspecified atom stereocenters. The Morgan fingerprint density at radius 3 is 1.79 bits per heavy atom. The van der Waals surface area contributed by atoms with Gasteiger partial charge in [-0.25, -0.2) is 4.98 Å². The van der Waals surface area contributed by atoms with Crippen LogP contribution in [0.4, 0.5) is 13.2 Å². The molecule has 0 saturated carbocycles. The quantitative estimate of drug-likeness (QED) is 0.629. The Hall–Kier alpha value is 0.1000. The molecule has 0 spiro atoms. The molecule has 1 aromatic rings. The first kappa shape index (κ1) is 12.2. The molecule has 1 aromatic heterocycles. The molecule has 1 heterocycles. The standard InChI is InChI=1S/C6Cl4F3N/c7-1-2(8)4(6(11,12)13)14-5(10)3(1)9. The number of halogens is 7. The van der Waals surface area contributed by atoms with Crippen molar-refractivity contribution in [1.29, 1.82) is 0 Å². The van der Waals surface area contributed by atoms with Gasteiger partial charge in [0.1, 0.15) is 5.15 Å². The van der Waals surface area contributed by atoms with Crippen LogP contribution in [0.15, 0.2) is 0 Å². The molecule has 0 bridgehead atoms. The molecule has 1 nitrogen and oxygen atoms in total. The zero-order chi connectivity index (χ0) is 11.1. The molecule has 14 heavy (non-hydrogen) atoms. The van der Waals surface area contributed by atoms with E-state index in [1.807, 2.05) is 0 Å². The summed E-state index contributed by atoms with van der Waals surface area (Å²) in [6.07, 6.45) is -4.71. The highest BCUT2D eigenvalue weighted by atomic mass is 35.5. The van der Waals surface area contributed by atoms with Gasteiger partial charge in [-0.15, -0.1) is 0 Å². The van der Waals surface area contributed by atoms with Crippen LogP contribution in [0.5, 0.6) is 0 Å². The molecule has 0 N–H and O–H groups in total. The molecule has 0 aliphatic heterocycles. The number of aromatic nitrogens is 1. The molecule has 0 aliphatic rings. The normalized spacial score (nSPS) is 11.9. The molecule has 1 rings (SSSR count). The van der Waals surface area contributed by atoms with Gasteiger partial charge in [0.15, 0.2) is 5.69 Å². The van der Waals surface area contributed by atoms with Gasteiger partial charge < -0.3 is 0 Å². The van der Waals surface area contributed by atoms with Crippen LogP contribution in [-0.2, 0) is 6.18 Å². The molecule has 0 aromatic carbocycles. The molecule has 78 valence electrons. The molecular formula is C6Cl4F3N. The second-order valence-electron chi connectivity index (χ2n) is 2.19. The van der Waals surface area contributed by atoms with Crippen molar-refractivity contribution in [2.75, 3.05) is 0 Å². The van der Waals surface area contributed by atoms with Crippen molar-refractivity contribution in [3.63, 3.8) is 0 Å². The first-order valence-corrected chi connectivity index (χ1v) is 4.53. The van der Waals surface area contributed by atoms with Gasteiger partial charge in [-0.2, -0.15) is 13.2 Å². The zero-order valence-electron chi connectivity index (χ0n) is 6.09. The Balaban J connectivity index is 3.49. The third kappa shape index (κ3) is 2.19. The lowest BCUT2D eigenvalue weighted by molar-refractivity contribution is -0.141. The average molecular weight is 285 g/mol. The average Bonchev–Trinajstić information content (AvgIpc) is 2.06. The van der Waals surface area contributed by atoms with Crippen molar-refractivity contribution < 1.29 is 13.2 Å². The van der Waals surface area contributed by atoms with E-state index in [2.05, 4.69) is 4.98 Å². The first-order chi connectivity index (χ1) is 6.25. The highest BCUT2D eigenvalue weighted by Crippen LogP contribution is 2.42.